The van der Waals surface area contributed by atoms with E-state index in [0.717, 1.165) is 10.9 Å². The van der Waals surface area contributed by atoms with Crippen molar-refractivity contribution in [3.05, 3.63) is 42.1 Å². The van der Waals surface area contributed by atoms with Crippen molar-refractivity contribution in [2.75, 3.05) is 4.72 Å². The lowest BCUT2D eigenvalue weighted by atomic mass is 10.2. The Kier molecular flexibility index (Phi) is 3.14. The summed E-state index contributed by atoms with van der Waals surface area (Å²) in [6.07, 6.45) is 3.49. The number of anilines is 1. The van der Waals surface area contributed by atoms with Crippen LogP contribution in [0.2, 0.25) is 0 Å². The number of thioether (sulfide) groups is 1. The summed E-state index contributed by atoms with van der Waals surface area (Å²) in [5.41, 5.74) is 0.518. The number of aromatic nitrogens is 1. The lowest BCUT2D eigenvalue weighted by Gasteiger charge is -2.22. The molecule has 1 aromatic heterocycles. The van der Waals surface area contributed by atoms with Crippen LogP contribution in [0.25, 0.3) is 10.9 Å². The Balaban J connectivity index is 1.65. The summed E-state index contributed by atoms with van der Waals surface area (Å²) < 4.78 is 27.9. The normalized spacial score (nSPS) is 23.9. The maximum Gasteiger partial charge on any atom is 0.257 e. The minimum atomic E-state index is -3.72. The first kappa shape index (κ1) is 14.0. The predicted molar refractivity (Wildman–Crippen MR) is 90.3 cm³/mol. The molecule has 0 saturated carbocycles. The largest absolute Gasteiger partial charge is 0.361 e. The Morgan fingerprint density at radius 3 is 3.09 bits per heavy atom. The van der Waals surface area contributed by atoms with Crippen LogP contribution in [0.15, 0.2) is 47.1 Å². The van der Waals surface area contributed by atoms with Crippen LogP contribution in [-0.4, -0.2) is 34.3 Å². The highest BCUT2D eigenvalue weighted by Crippen LogP contribution is 2.35. The van der Waals surface area contributed by atoms with Crippen LogP contribution < -0.4 is 4.72 Å². The van der Waals surface area contributed by atoms with Gasteiger partial charge in [0.2, 0.25) is 0 Å². The molecule has 2 N–H and O–H groups in total. The molecule has 0 amide bonds. The third-order valence-electron chi connectivity index (χ3n) is 3.49. The first-order valence-electron chi connectivity index (χ1n) is 6.47. The molecule has 2 atom stereocenters. The highest BCUT2D eigenvalue weighted by molar-refractivity contribution is 8.16. The second-order valence-corrected chi connectivity index (χ2v) is 8.01. The third kappa shape index (κ3) is 2.18. The zero-order valence-electron chi connectivity index (χ0n) is 11.1. The number of halogens is 1. The molecule has 0 saturated heterocycles. The van der Waals surface area contributed by atoms with E-state index < -0.39 is 20.9 Å². The third-order valence-corrected chi connectivity index (χ3v) is 6.40. The summed E-state index contributed by atoms with van der Waals surface area (Å²) in [5, 5.41) is 2.46. The molecule has 6 nitrogen and oxygen atoms in total. The Morgan fingerprint density at radius 1 is 1.36 bits per heavy atom. The number of H-pyrrole nitrogens is 1. The van der Waals surface area contributed by atoms with Crippen molar-refractivity contribution >= 4 is 55.1 Å². The number of aliphatic imine (C=N–C) groups is 1. The van der Waals surface area contributed by atoms with E-state index in [4.69, 9.17) is 11.6 Å². The SMILES string of the molecule is O=S(=O)(Nc1ccc2cc[nH]c2c1)C1C(Cl)N=C2SC=CN21. The maximum absolute atomic E-state index is 12.7. The van der Waals surface area contributed by atoms with Crippen LogP contribution in [-0.2, 0) is 10.0 Å². The molecule has 0 bridgehead atoms. The van der Waals surface area contributed by atoms with Gasteiger partial charge in [0.15, 0.2) is 16.0 Å². The average molecular weight is 355 g/mol. The van der Waals surface area contributed by atoms with Gasteiger partial charge in [0, 0.05) is 17.9 Å². The van der Waals surface area contributed by atoms with E-state index in [2.05, 4.69) is 14.7 Å². The van der Waals surface area contributed by atoms with Gasteiger partial charge in [0.05, 0.1) is 5.69 Å². The number of fused-ring (bicyclic) bond motifs is 2. The van der Waals surface area contributed by atoms with Crippen LogP contribution in [0.5, 0.6) is 0 Å². The molecule has 114 valence electrons. The number of amidine groups is 1. The molecule has 2 aromatic rings. The summed E-state index contributed by atoms with van der Waals surface area (Å²) in [6.45, 7) is 0. The van der Waals surface area contributed by atoms with E-state index in [1.807, 2.05) is 12.1 Å². The van der Waals surface area contributed by atoms with Crippen molar-refractivity contribution in [1.29, 1.82) is 0 Å². The number of sulfonamides is 1. The molecule has 22 heavy (non-hydrogen) atoms. The van der Waals surface area contributed by atoms with E-state index in [9.17, 15) is 8.42 Å². The first-order chi connectivity index (χ1) is 10.5. The molecule has 0 radical (unpaired) electrons. The van der Waals surface area contributed by atoms with Crippen molar-refractivity contribution in [1.82, 2.24) is 9.88 Å². The molecule has 1 aromatic carbocycles. The summed E-state index contributed by atoms with van der Waals surface area (Å²) in [4.78, 5) is 8.80. The van der Waals surface area contributed by atoms with Gasteiger partial charge in [0.1, 0.15) is 0 Å². The molecule has 0 aliphatic carbocycles. The maximum atomic E-state index is 12.7. The van der Waals surface area contributed by atoms with Crippen molar-refractivity contribution in [3.63, 3.8) is 0 Å². The number of aromatic amines is 1. The van der Waals surface area contributed by atoms with Gasteiger partial charge >= 0.3 is 0 Å². The fraction of sp³-hybridized carbons (Fsp3) is 0.154. The number of nitrogens with zero attached hydrogens (tertiary/aromatic N) is 2. The highest BCUT2D eigenvalue weighted by Gasteiger charge is 2.45. The Labute approximate surface area is 136 Å². The Morgan fingerprint density at radius 2 is 2.23 bits per heavy atom. The second kappa shape index (κ2) is 4.94. The minimum absolute atomic E-state index is 0.489. The van der Waals surface area contributed by atoms with Crippen molar-refractivity contribution in [2.45, 2.75) is 10.9 Å². The van der Waals surface area contributed by atoms with Gasteiger partial charge in [-0.1, -0.05) is 29.4 Å². The fourth-order valence-corrected chi connectivity index (χ4v) is 5.44. The highest BCUT2D eigenvalue weighted by atomic mass is 35.5. The number of benzene rings is 1. The minimum Gasteiger partial charge on any atom is -0.361 e. The average Bonchev–Trinajstić information content (AvgIpc) is 3.11. The van der Waals surface area contributed by atoms with Gasteiger partial charge in [-0.2, -0.15) is 0 Å². The monoisotopic (exact) mass is 354 g/mol. The zero-order valence-corrected chi connectivity index (χ0v) is 13.5. The second-order valence-electron chi connectivity index (χ2n) is 4.91. The number of rotatable bonds is 3. The van der Waals surface area contributed by atoms with Crippen LogP contribution >= 0.6 is 23.4 Å². The van der Waals surface area contributed by atoms with Crippen molar-refractivity contribution in [3.8, 4) is 0 Å². The first-order valence-corrected chi connectivity index (χ1v) is 9.33. The van der Waals surface area contributed by atoms with Crippen LogP contribution in [0.3, 0.4) is 0 Å². The zero-order chi connectivity index (χ0) is 15.3. The number of nitrogens with one attached hydrogen (secondary N) is 2. The lowest BCUT2D eigenvalue weighted by molar-refractivity contribution is 0.504. The molecule has 4 rings (SSSR count). The van der Waals surface area contributed by atoms with Crippen LogP contribution in [0, 0.1) is 0 Å². The van der Waals surface area contributed by atoms with Crippen molar-refractivity contribution < 1.29 is 8.42 Å². The van der Waals surface area contributed by atoms with Gasteiger partial charge in [-0.15, -0.1) is 0 Å². The summed E-state index contributed by atoms with van der Waals surface area (Å²) in [6, 6.07) is 7.25. The van der Waals surface area contributed by atoms with Gasteiger partial charge < -0.3 is 9.88 Å². The molecular formula is C13H11ClN4O2S2. The van der Waals surface area contributed by atoms with Crippen molar-refractivity contribution in [2.24, 2.45) is 4.99 Å². The molecule has 3 heterocycles. The van der Waals surface area contributed by atoms with E-state index in [1.165, 1.54) is 11.8 Å². The van der Waals surface area contributed by atoms with E-state index >= 15 is 0 Å². The number of alkyl halides is 1. The number of hydrogen-bond acceptors (Lipinski definition) is 5. The van der Waals surface area contributed by atoms with Crippen LogP contribution in [0.1, 0.15) is 0 Å². The predicted octanol–water partition coefficient (Wildman–Crippen LogP) is 2.69. The molecule has 0 fully saturated rings. The Bertz CT molecular complexity index is 906. The standard InChI is InChI=1S/C13H11ClN4O2S2/c14-11-12(18-5-6-21-13(18)16-11)22(19,20)17-9-2-1-8-3-4-15-10(8)7-9/h1-7,11-12,15,17H. The molecular weight excluding hydrogens is 344 g/mol. The van der Waals surface area contributed by atoms with Crippen LogP contribution in [0.4, 0.5) is 5.69 Å². The van der Waals surface area contributed by atoms with E-state index in [1.54, 1.807) is 34.8 Å². The summed E-state index contributed by atoms with van der Waals surface area (Å²) in [7, 11) is -3.72. The fourth-order valence-electron chi connectivity index (χ4n) is 2.51. The van der Waals surface area contributed by atoms with Gasteiger partial charge in [-0.25, -0.2) is 13.4 Å². The molecule has 2 aliphatic rings. The molecule has 9 heteroatoms. The van der Waals surface area contributed by atoms with E-state index in [-0.39, 0.29) is 0 Å². The van der Waals surface area contributed by atoms with Gasteiger partial charge in [-0.3, -0.25) is 4.72 Å². The van der Waals surface area contributed by atoms with Gasteiger partial charge in [0.25, 0.3) is 10.0 Å². The van der Waals surface area contributed by atoms with E-state index in [0.29, 0.717) is 10.9 Å². The quantitative estimate of drug-likeness (QED) is 0.656. The molecule has 0 spiro atoms. The smallest absolute Gasteiger partial charge is 0.257 e. The lowest BCUT2D eigenvalue weighted by Crippen LogP contribution is -2.42. The number of hydrogen-bond donors (Lipinski definition) is 2. The molecule has 2 unspecified atom stereocenters. The molecule has 2 aliphatic heterocycles. The summed E-state index contributed by atoms with van der Waals surface area (Å²) in [5.74, 6) is 0. The summed E-state index contributed by atoms with van der Waals surface area (Å²) >= 11 is 7.47. The van der Waals surface area contributed by atoms with Gasteiger partial charge in [-0.05, 0) is 29.0 Å². The topological polar surface area (TPSA) is 77.6 Å². The Hall–Kier alpha value is -1.64.